The second-order valence-electron chi connectivity index (χ2n) is 8.99. The molecule has 0 N–H and O–H groups in total. The summed E-state index contributed by atoms with van der Waals surface area (Å²) in [7, 11) is 0. The van der Waals surface area contributed by atoms with E-state index in [4.69, 9.17) is 4.42 Å². The molecule has 0 bridgehead atoms. The van der Waals surface area contributed by atoms with Crippen LogP contribution in [0.25, 0.3) is 0 Å². The lowest BCUT2D eigenvalue weighted by Crippen LogP contribution is -2.45. The Morgan fingerprint density at radius 1 is 1.07 bits per heavy atom. The van der Waals surface area contributed by atoms with Crippen LogP contribution in [0.2, 0.25) is 0 Å². The zero-order chi connectivity index (χ0) is 20.4. The maximum atomic E-state index is 12.6. The van der Waals surface area contributed by atoms with Crippen molar-refractivity contribution in [2.75, 3.05) is 26.2 Å². The molecule has 0 unspecified atom stereocenters. The number of ketones is 1. The van der Waals surface area contributed by atoms with Crippen LogP contribution in [0, 0.1) is 5.41 Å². The smallest absolute Gasteiger partial charge is 0.298 e. The third-order valence-corrected chi connectivity index (χ3v) is 6.46. The topological polar surface area (TPSA) is 53.8 Å². The third kappa shape index (κ3) is 4.30. The van der Waals surface area contributed by atoms with Crippen LogP contribution >= 0.6 is 0 Å². The maximum Gasteiger partial charge on any atom is 0.298 e. The van der Waals surface area contributed by atoms with Crippen LogP contribution in [0.4, 0.5) is 0 Å². The van der Waals surface area contributed by atoms with E-state index in [1.807, 2.05) is 0 Å². The number of piperidine rings is 1. The highest BCUT2D eigenvalue weighted by molar-refractivity contribution is 6.41. The van der Waals surface area contributed by atoms with Gasteiger partial charge < -0.3 is 9.32 Å². The summed E-state index contributed by atoms with van der Waals surface area (Å²) in [6.45, 7) is 8.77. The number of furan rings is 1. The van der Waals surface area contributed by atoms with Crippen molar-refractivity contribution >= 4 is 11.7 Å². The van der Waals surface area contributed by atoms with E-state index >= 15 is 0 Å². The van der Waals surface area contributed by atoms with Crippen LogP contribution in [0.5, 0.6) is 0 Å². The molecule has 0 aliphatic carbocycles. The van der Waals surface area contributed by atoms with Crippen molar-refractivity contribution < 1.29 is 14.0 Å². The van der Waals surface area contributed by atoms with E-state index in [-0.39, 0.29) is 11.2 Å². The van der Waals surface area contributed by atoms with Crippen molar-refractivity contribution in [1.82, 2.24) is 9.80 Å². The number of carbonyl (C=O) groups excluding carboxylic acids is 2. The molecule has 1 amide bonds. The highest BCUT2D eigenvalue weighted by Gasteiger charge is 2.44. The summed E-state index contributed by atoms with van der Waals surface area (Å²) < 4.78 is 5.11. The highest BCUT2D eigenvalue weighted by Crippen LogP contribution is 2.39. The minimum absolute atomic E-state index is 0.106. The fraction of sp³-hybridized carbons (Fsp3) is 0.500. The number of rotatable bonds is 5. The Hall–Kier alpha value is -2.40. The van der Waals surface area contributed by atoms with E-state index in [0.717, 1.165) is 38.9 Å². The van der Waals surface area contributed by atoms with Crippen LogP contribution < -0.4 is 0 Å². The van der Waals surface area contributed by atoms with Gasteiger partial charge in [-0.15, -0.1) is 0 Å². The second-order valence-corrected chi connectivity index (χ2v) is 8.99. The average molecular weight is 395 g/mol. The van der Waals surface area contributed by atoms with Gasteiger partial charge in [-0.1, -0.05) is 38.1 Å². The van der Waals surface area contributed by atoms with Crippen LogP contribution in [0.3, 0.4) is 0 Å². The van der Waals surface area contributed by atoms with Gasteiger partial charge >= 0.3 is 0 Å². The SMILES string of the molecule is CC(C)c1ccc(CN2CCC[C@]3(CCN(C(=O)C(=O)c4ccco4)C3)C2)cc1. The van der Waals surface area contributed by atoms with Gasteiger partial charge in [0.15, 0.2) is 5.76 Å². The summed E-state index contributed by atoms with van der Waals surface area (Å²) in [5.41, 5.74) is 2.82. The molecule has 1 aromatic heterocycles. The van der Waals surface area contributed by atoms with E-state index in [1.165, 1.54) is 17.4 Å². The van der Waals surface area contributed by atoms with E-state index < -0.39 is 11.7 Å². The molecule has 2 fully saturated rings. The summed E-state index contributed by atoms with van der Waals surface area (Å²) in [5.74, 6) is -0.289. The molecule has 5 heteroatoms. The predicted octanol–water partition coefficient (Wildman–Crippen LogP) is 4.10. The van der Waals surface area contributed by atoms with E-state index in [2.05, 4.69) is 43.0 Å². The molecule has 2 saturated heterocycles. The van der Waals surface area contributed by atoms with Crippen molar-refractivity contribution in [1.29, 1.82) is 0 Å². The minimum atomic E-state index is -0.537. The Kier molecular flexibility index (Phi) is 5.59. The molecule has 29 heavy (non-hydrogen) atoms. The molecule has 1 aromatic carbocycles. The van der Waals surface area contributed by atoms with Crippen molar-refractivity contribution in [2.45, 2.75) is 45.6 Å². The molecule has 2 aliphatic rings. The lowest BCUT2D eigenvalue weighted by Gasteiger charge is -2.40. The molecule has 0 saturated carbocycles. The number of Topliss-reactive ketones (excluding diaryl/α,β-unsaturated/α-hetero) is 1. The molecule has 2 aromatic rings. The summed E-state index contributed by atoms with van der Waals surface area (Å²) >= 11 is 0. The summed E-state index contributed by atoms with van der Waals surface area (Å²) in [6, 6.07) is 12.1. The fourth-order valence-electron chi connectivity index (χ4n) is 4.81. The van der Waals surface area contributed by atoms with Crippen molar-refractivity contribution in [3.63, 3.8) is 0 Å². The first-order chi connectivity index (χ1) is 14.0. The molecule has 154 valence electrons. The predicted molar refractivity (Wildman–Crippen MR) is 112 cm³/mol. The number of benzene rings is 1. The lowest BCUT2D eigenvalue weighted by molar-refractivity contribution is -0.126. The molecule has 1 atom stereocenters. The Morgan fingerprint density at radius 2 is 1.86 bits per heavy atom. The van der Waals surface area contributed by atoms with Crippen molar-refractivity contribution in [2.24, 2.45) is 5.41 Å². The first-order valence-corrected chi connectivity index (χ1v) is 10.6. The standard InChI is InChI=1S/C24H30N2O3/c1-18(2)20-8-6-19(7-9-20)15-25-12-4-10-24(16-25)11-13-26(17-24)23(28)22(27)21-5-3-14-29-21/h3,5-9,14,18H,4,10-13,15-17H2,1-2H3/t24-/m0/s1. The van der Waals surface area contributed by atoms with Crippen LogP contribution in [0.1, 0.15) is 60.7 Å². The number of hydrogen-bond acceptors (Lipinski definition) is 4. The van der Waals surface area contributed by atoms with Crippen LogP contribution in [-0.2, 0) is 11.3 Å². The van der Waals surface area contributed by atoms with Gasteiger partial charge in [0.1, 0.15) is 0 Å². The zero-order valence-corrected chi connectivity index (χ0v) is 17.4. The Balaban J connectivity index is 1.38. The van der Waals surface area contributed by atoms with Crippen LogP contribution in [-0.4, -0.2) is 47.7 Å². The minimum Gasteiger partial charge on any atom is -0.461 e. The van der Waals surface area contributed by atoms with Crippen LogP contribution in [0.15, 0.2) is 47.1 Å². The Bertz CT molecular complexity index is 857. The van der Waals surface area contributed by atoms with Gasteiger partial charge in [0.05, 0.1) is 6.26 Å². The molecule has 0 radical (unpaired) electrons. The number of nitrogens with zero attached hydrogens (tertiary/aromatic N) is 2. The molecule has 4 rings (SSSR count). The maximum absolute atomic E-state index is 12.6. The molecular formula is C24H30N2O3. The van der Waals surface area contributed by atoms with Gasteiger partial charge in [-0.25, -0.2) is 0 Å². The molecule has 2 aliphatic heterocycles. The average Bonchev–Trinajstić information content (AvgIpc) is 3.38. The zero-order valence-electron chi connectivity index (χ0n) is 17.4. The first kappa shape index (κ1) is 19.9. The molecule has 1 spiro atoms. The normalized spacial score (nSPS) is 22.5. The lowest BCUT2D eigenvalue weighted by atomic mass is 9.79. The monoisotopic (exact) mass is 394 g/mol. The van der Waals surface area contributed by atoms with E-state index in [1.54, 1.807) is 17.0 Å². The highest BCUT2D eigenvalue weighted by atomic mass is 16.3. The second kappa shape index (κ2) is 8.15. The van der Waals surface area contributed by atoms with Gasteiger partial charge in [-0.2, -0.15) is 0 Å². The molecular weight excluding hydrogens is 364 g/mol. The number of amides is 1. The fourth-order valence-corrected chi connectivity index (χ4v) is 4.81. The number of likely N-dealkylation sites (tertiary alicyclic amines) is 2. The molecule has 3 heterocycles. The van der Waals surface area contributed by atoms with Gasteiger partial charge in [-0.05, 0) is 55.0 Å². The summed E-state index contributed by atoms with van der Waals surface area (Å²) in [4.78, 5) is 29.2. The van der Waals surface area contributed by atoms with Gasteiger partial charge in [0.2, 0.25) is 0 Å². The van der Waals surface area contributed by atoms with E-state index in [9.17, 15) is 9.59 Å². The first-order valence-electron chi connectivity index (χ1n) is 10.6. The summed E-state index contributed by atoms with van der Waals surface area (Å²) in [6.07, 6.45) is 4.65. The third-order valence-electron chi connectivity index (χ3n) is 6.46. The number of carbonyl (C=O) groups is 2. The Labute approximate surface area is 172 Å². The van der Waals surface area contributed by atoms with Gasteiger partial charge in [0.25, 0.3) is 11.7 Å². The molecule has 5 nitrogen and oxygen atoms in total. The quantitative estimate of drug-likeness (QED) is 0.566. The van der Waals surface area contributed by atoms with E-state index in [0.29, 0.717) is 19.0 Å². The Morgan fingerprint density at radius 3 is 2.55 bits per heavy atom. The van der Waals surface area contributed by atoms with Gasteiger partial charge in [0, 0.05) is 31.6 Å². The largest absolute Gasteiger partial charge is 0.461 e. The van der Waals surface area contributed by atoms with Gasteiger partial charge in [-0.3, -0.25) is 14.5 Å². The summed E-state index contributed by atoms with van der Waals surface area (Å²) in [5, 5.41) is 0. The van der Waals surface area contributed by atoms with Crippen molar-refractivity contribution in [3.8, 4) is 0 Å². The number of hydrogen-bond donors (Lipinski definition) is 0. The van der Waals surface area contributed by atoms with Crippen molar-refractivity contribution in [3.05, 3.63) is 59.5 Å².